The van der Waals surface area contributed by atoms with Crippen LogP contribution in [0.2, 0.25) is 0 Å². The highest BCUT2D eigenvalue weighted by Gasteiger charge is 2.51. The Morgan fingerprint density at radius 3 is 2.38 bits per heavy atom. The minimum atomic E-state index is -0.329. The van der Waals surface area contributed by atoms with Crippen LogP contribution in [0.5, 0.6) is 0 Å². The molecule has 2 bridgehead atoms. The van der Waals surface area contributed by atoms with Gasteiger partial charge in [-0.05, 0) is 61.6 Å². The largest absolute Gasteiger partial charge is 0.445 e. The zero-order valence-electron chi connectivity index (χ0n) is 16.5. The molecular formula is C24H26N2O3. The van der Waals surface area contributed by atoms with E-state index in [0.717, 1.165) is 61.1 Å². The molecule has 3 aliphatic rings. The number of carbonyl (C=O) groups is 1. The zero-order chi connectivity index (χ0) is 19.7. The van der Waals surface area contributed by atoms with Crippen LogP contribution < -0.4 is 5.32 Å². The van der Waals surface area contributed by atoms with Gasteiger partial charge >= 0.3 is 6.09 Å². The second-order valence-corrected chi connectivity index (χ2v) is 8.68. The number of amides is 1. The van der Waals surface area contributed by atoms with Gasteiger partial charge in [-0.15, -0.1) is 0 Å². The van der Waals surface area contributed by atoms with Crippen molar-refractivity contribution in [3.05, 3.63) is 66.1 Å². The molecule has 5 nitrogen and oxygen atoms in total. The predicted molar refractivity (Wildman–Crippen MR) is 110 cm³/mol. The van der Waals surface area contributed by atoms with E-state index in [1.807, 2.05) is 54.6 Å². The average Bonchev–Trinajstić information content (AvgIpc) is 3.24. The number of hydrogen-bond acceptors (Lipinski definition) is 4. The summed E-state index contributed by atoms with van der Waals surface area (Å²) in [5.74, 6) is 0.905. The molecule has 150 valence electrons. The van der Waals surface area contributed by atoms with Crippen LogP contribution in [-0.2, 0) is 16.8 Å². The standard InChI is InChI=1S/C24H26N2O3/c27-22(28-16-18-6-2-1-3-7-18)25-17-23-10-13-24(14-11-23,15-12-23)21-26-19-8-4-5-9-20(19)29-21/h1-9H,10-17H2,(H,25,27). The third-order valence-electron chi connectivity index (χ3n) is 6.97. The lowest BCUT2D eigenvalue weighted by Gasteiger charge is -2.52. The van der Waals surface area contributed by atoms with Crippen molar-refractivity contribution >= 4 is 17.2 Å². The Balaban J connectivity index is 1.18. The van der Waals surface area contributed by atoms with Crippen LogP contribution in [0, 0.1) is 5.41 Å². The number of nitrogens with zero attached hydrogens (tertiary/aromatic N) is 1. The van der Waals surface area contributed by atoms with Crippen molar-refractivity contribution in [3.8, 4) is 0 Å². The fourth-order valence-corrected chi connectivity index (χ4v) is 4.98. The molecule has 6 rings (SSSR count). The van der Waals surface area contributed by atoms with Gasteiger partial charge in [0.05, 0.1) is 0 Å². The van der Waals surface area contributed by atoms with Crippen LogP contribution >= 0.6 is 0 Å². The molecule has 3 aromatic rings. The maximum absolute atomic E-state index is 12.2. The number of carbonyl (C=O) groups excluding carboxylic acids is 1. The Kier molecular flexibility index (Phi) is 4.53. The highest BCUT2D eigenvalue weighted by Crippen LogP contribution is 2.57. The molecule has 0 saturated heterocycles. The molecule has 1 amide bonds. The van der Waals surface area contributed by atoms with Crippen molar-refractivity contribution in [1.82, 2.24) is 10.3 Å². The van der Waals surface area contributed by atoms with E-state index in [0.29, 0.717) is 13.2 Å². The zero-order valence-corrected chi connectivity index (χ0v) is 16.5. The molecule has 1 heterocycles. The van der Waals surface area contributed by atoms with Crippen molar-refractivity contribution < 1.29 is 13.9 Å². The molecule has 0 spiro atoms. The lowest BCUT2D eigenvalue weighted by Crippen LogP contribution is -2.49. The average molecular weight is 390 g/mol. The molecule has 3 aliphatic carbocycles. The van der Waals surface area contributed by atoms with E-state index in [-0.39, 0.29) is 16.9 Å². The molecule has 2 aromatic carbocycles. The molecule has 3 saturated carbocycles. The molecule has 0 atom stereocenters. The van der Waals surface area contributed by atoms with Crippen molar-refractivity contribution in [1.29, 1.82) is 0 Å². The Labute approximate surface area is 170 Å². The fourth-order valence-electron chi connectivity index (χ4n) is 4.98. The Bertz CT molecular complexity index is 954. The van der Waals surface area contributed by atoms with Gasteiger partial charge in [-0.2, -0.15) is 0 Å². The summed E-state index contributed by atoms with van der Waals surface area (Å²) >= 11 is 0. The fraction of sp³-hybridized carbons (Fsp3) is 0.417. The van der Waals surface area contributed by atoms with E-state index in [9.17, 15) is 4.79 Å². The Morgan fingerprint density at radius 2 is 1.66 bits per heavy atom. The van der Waals surface area contributed by atoms with E-state index in [1.165, 1.54) is 0 Å². The summed E-state index contributed by atoms with van der Waals surface area (Å²) in [6.07, 6.45) is 6.14. The number of para-hydroxylation sites is 2. The second-order valence-electron chi connectivity index (χ2n) is 8.68. The molecule has 0 aliphatic heterocycles. The first-order valence-electron chi connectivity index (χ1n) is 10.5. The van der Waals surface area contributed by atoms with Crippen LogP contribution in [0.25, 0.3) is 11.1 Å². The van der Waals surface area contributed by atoms with E-state index in [2.05, 4.69) is 5.32 Å². The van der Waals surface area contributed by atoms with Gasteiger partial charge in [0.1, 0.15) is 12.1 Å². The highest BCUT2D eigenvalue weighted by atomic mass is 16.5. The number of benzene rings is 2. The number of alkyl carbamates (subject to hydrolysis) is 1. The second kappa shape index (κ2) is 7.21. The normalized spacial score (nSPS) is 25.8. The Morgan fingerprint density at radius 1 is 0.966 bits per heavy atom. The van der Waals surface area contributed by atoms with Gasteiger partial charge in [0.2, 0.25) is 5.89 Å². The molecule has 1 N–H and O–H groups in total. The first-order valence-corrected chi connectivity index (χ1v) is 10.5. The van der Waals surface area contributed by atoms with E-state index < -0.39 is 0 Å². The Hall–Kier alpha value is -2.82. The van der Waals surface area contributed by atoms with Crippen molar-refractivity contribution in [3.63, 3.8) is 0 Å². The van der Waals surface area contributed by atoms with Gasteiger partial charge in [-0.3, -0.25) is 0 Å². The molecule has 5 heteroatoms. The third-order valence-corrected chi connectivity index (χ3v) is 6.97. The van der Waals surface area contributed by atoms with Gasteiger partial charge in [-0.1, -0.05) is 42.5 Å². The molecule has 1 aromatic heterocycles. The van der Waals surface area contributed by atoms with E-state index in [4.69, 9.17) is 14.1 Å². The lowest BCUT2D eigenvalue weighted by molar-refractivity contribution is 0.0258. The summed E-state index contributed by atoms with van der Waals surface area (Å²) in [6, 6.07) is 17.8. The lowest BCUT2D eigenvalue weighted by atomic mass is 9.53. The number of nitrogens with one attached hydrogen (secondary N) is 1. The third kappa shape index (κ3) is 3.50. The molecular weight excluding hydrogens is 364 g/mol. The number of aromatic nitrogens is 1. The molecule has 0 radical (unpaired) electrons. The van der Waals surface area contributed by atoms with Crippen molar-refractivity contribution in [2.75, 3.05) is 6.54 Å². The van der Waals surface area contributed by atoms with E-state index >= 15 is 0 Å². The van der Waals surface area contributed by atoms with Gasteiger partial charge < -0.3 is 14.5 Å². The molecule has 0 unspecified atom stereocenters. The van der Waals surface area contributed by atoms with Crippen LogP contribution in [0.15, 0.2) is 59.0 Å². The maximum Gasteiger partial charge on any atom is 0.407 e. The van der Waals surface area contributed by atoms with Crippen LogP contribution in [0.4, 0.5) is 4.79 Å². The quantitative estimate of drug-likeness (QED) is 0.638. The summed E-state index contributed by atoms with van der Waals surface area (Å²) in [4.78, 5) is 17.0. The summed E-state index contributed by atoms with van der Waals surface area (Å²) in [5.41, 5.74) is 3.07. The monoisotopic (exact) mass is 390 g/mol. The topological polar surface area (TPSA) is 64.4 Å². The van der Waals surface area contributed by atoms with Crippen molar-refractivity contribution in [2.45, 2.75) is 50.5 Å². The number of oxazole rings is 1. The van der Waals surface area contributed by atoms with Crippen LogP contribution in [0.1, 0.15) is 50.0 Å². The number of hydrogen-bond donors (Lipinski definition) is 1. The minimum absolute atomic E-state index is 0.0641. The van der Waals surface area contributed by atoms with Gasteiger partial charge in [0.15, 0.2) is 5.58 Å². The smallest absolute Gasteiger partial charge is 0.407 e. The molecule has 29 heavy (non-hydrogen) atoms. The first-order chi connectivity index (χ1) is 14.2. The minimum Gasteiger partial charge on any atom is -0.445 e. The number of rotatable bonds is 5. The SMILES string of the molecule is O=C(NCC12CCC(c3nc4ccccc4o3)(CC1)CC2)OCc1ccccc1. The first kappa shape index (κ1) is 18.2. The summed E-state index contributed by atoms with van der Waals surface area (Å²) < 4.78 is 11.5. The van der Waals surface area contributed by atoms with Crippen LogP contribution in [-0.4, -0.2) is 17.6 Å². The predicted octanol–water partition coefficient (Wildman–Crippen LogP) is 5.35. The maximum atomic E-state index is 12.2. The molecule has 3 fully saturated rings. The summed E-state index contributed by atoms with van der Waals surface area (Å²) in [5, 5.41) is 3.01. The highest BCUT2D eigenvalue weighted by molar-refractivity contribution is 5.72. The van der Waals surface area contributed by atoms with E-state index in [1.54, 1.807) is 0 Å². The van der Waals surface area contributed by atoms with Gasteiger partial charge in [0.25, 0.3) is 0 Å². The number of ether oxygens (including phenoxy) is 1. The van der Waals surface area contributed by atoms with Crippen molar-refractivity contribution in [2.24, 2.45) is 5.41 Å². The van der Waals surface area contributed by atoms with Crippen LogP contribution in [0.3, 0.4) is 0 Å². The summed E-state index contributed by atoms with van der Waals surface area (Å²) in [6.45, 7) is 0.991. The van der Waals surface area contributed by atoms with Gasteiger partial charge in [-0.25, -0.2) is 9.78 Å². The number of fused-ring (bicyclic) bond motifs is 4. The summed E-state index contributed by atoms with van der Waals surface area (Å²) in [7, 11) is 0. The van der Waals surface area contributed by atoms with Gasteiger partial charge in [0, 0.05) is 12.0 Å².